The highest BCUT2D eigenvalue weighted by Crippen LogP contribution is 2.16. The van der Waals surface area contributed by atoms with Gasteiger partial charge in [-0.3, -0.25) is 4.79 Å². The summed E-state index contributed by atoms with van der Waals surface area (Å²) in [5, 5.41) is 7.28. The minimum absolute atomic E-state index is 0.294. The quantitative estimate of drug-likeness (QED) is 0.811. The van der Waals surface area contributed by atoms with Crippen LogP contribution in [0.4, 0.5) is 5.95 Å². The highest BCUT2D eigenvalue weighted by molar-refractivity contribution is 9.10. The molecule has 6 nitrogen and oxygen atoms in total. The number of amides is 1. The molecule has 90 valence electrons. The molecule has 0 aliphatic rings. The molecular formula is C10H12BrN5O. The maximum Gasteiger partial charge on any atom is 0.243 e. The molecule has 0 aliphatic heterocycles. The third kappa shape index (κ3) is 2.94. The Morgan fingerprint density at radius 2 is 2.41 bits per heavy atom. The largest absolute Gasteiger partial charge is 0.370 e. The van der Waals surface area contributed by atoms with E-state index in [-0.39, 0.29) is 5.91 Å². The van der Waals surface area contributed by atoms with Crippen LogP contribution in [-0.4, -0.2) is 27.0 Å². The van der Waals surface area contributed by atoms with Gasteiger partial charge in [0.15, 0.2) is 5.65 Å². The fourth-order valence-electron chi connectivity index (χ4n) is 1.41. The summed E-state index contributed by atoms with van der Waals surface area (Å²) in [6.07, 6.45) is 2.86. The lowest BCUT2D eigenvalue weighted by atomic mass is 10.3. The Morgan fingerprint density at radius 3 is 3.12 bits per heavy atom. The number of primary amides is 1. The first kappa shape index (κ1) is 11.8. The second-order valence-electron chi connectivity index (χ2n) is 3.56. The number of nitrogens with one attached hydrogen (secondary N) is 1. The second-order valence-corrected chi connectivity index (χ2v) is 4.41. The molecule has 0 fully saturated rings. The van der Waals surface area contributed by atoms with Gasteiger partial charge in [-0.15, -0.1) is 5.10 Å². The number of fused-ring (bicyclic) bond motifs is 1. The molecule has 0 aliphatic carbocycles. The van der Waals surface area contributed by atoms with Gasteiger partial charge in [-0.25, -0.2) is 4.52 Å². The van der Waals surface area contributed by atoms with E-state index < -0.39 is 0 Å². The predicted molar refractivity (Wildman–Crippen MR) is 67.6 cm³/mol. The molecule has 17 heavy (non-hydrogen) atoms. The van der Waals surface area contributed by atoms with Crippen molar-refractivity contribution in [2.75, 3.05) is 11.9 Å². The molecule has 0 aromatic carbocycles. The molecule has 2 aromatic rings. The maximum absolute atomic E-state index is 10.5. The van der Waals surface area contributed by atoms with Gasteiger partial charge in [-0.1, -0.05) is 0 Å². The third-order valence-electron chi connectivity index (χ3n) is 2.20. The van der Waals surface area contributed by atoms with E-state index in [1.54, 1.807) is 4.52 Å². The Hall–Kier alpha value is -1.63. The van der Waals surface area contributed by atoms with Crippen LogP contribution >= 0.6 is 15.9 Å². The van der Waals surface area contributed by atoms with Gasteiger partial charge in [-0.2, -0.15) is 4.98 Å². The highest BCUT2D eigenvalue weighted by atomic mass is 79.9. The van der Waals surface area contributed by atoms with E-state index in [9.17, 15) is 4.79 Å². The molecule has 0 spiro atoms. The van der Waals surface area contributed by atoms with Crippen LogP contribution in [0.15, 0.2) is 22.8 Å². The van der Waals surface area contributed by atoms with Crippen LogP contribution in [0.3, 0.4) is 0 Å². The van der Waals surface area contributed by atoms with Crippen LogP contribution < -0.4 is 11.1 Å². The Bertz CT molecular complexity index is 538. The zero-order valence-corrected chi connectivity index (χ0v) is 10.6. The summed E-state index contributed by atoms with van der Waals surface area (Å²) in [5.41, 5.74) is 5.80. The Kier molecular flexibility index (Phi) is 3.58. The summed E-state index contributed by atoms with van der Waals surface area (Å²) in [6.45, 7) is 0.622. The number of nitrogens with zero attached hydrogens (tertiary/aromatic N) is 3. The third-order valence-corrected chi connectivity index (χ3v) is 2.82. The average Bonchev–Trinajstić information content (AvgIpc) is 2.69. The Balaban J connectivity index is 2.00. The fourth-order valence-corrected chi connectivity index (χ4v) is 1.83. The van der Waals surface area contributed by atoms with Crippen LogP contribution in [0.2, 0.25) is 0 Å². The lowest BCUT2D eigenvalue weighted by molar-refractivity contribution is -0.118. The van der Waals surface area contributed by atoms with Crippen LogP contribution in [0, 0.1) is 0 Å². The Labute approximate surface area is 106 Å². The predicted octanol–water partition coefficient (Wildman–Crippen LogP) is 1.17. The molecule has 0 saturated heterocycles. The van der Waals surface area contributed by atoms with Gasteiger partial charge < -0.3 is 11.1 Å². The van der Waals surface area contributed by atoms with Crippen LogP contribution in [0.5, 0.6) is 0 Å². The van der Waals surface area contributed by atoms with Crippen LogP contribution in [0.25, 0.3) is 5.65 Å². The van der Waals surface area contributed by atoms with E-state index in [2.05, 4.69) is 31.3 Å². The molecular weight excluding hydrogens is 286 g/mol. The van der Waals surface area contributed by atoms with Crippen molar-refractivity contribution in [2.45, 2.75) is 12.8 Å². The van der Waals surface area contributed by atoms with Gasteiger partial charge in [0.25, 0.3) is 0 Å². The van der Waals surface area contributed by atoms with Gasteiger partial charge in [0, 0.05) is 19.2 Å². The smallest absolute Gasteiger partial charge is 0.243 e. The fraction of sp³-hybridized carbons (Fsp3) is 0.300. The van der Waals surface area contributed by atoms with Crippen molar-refractivity contribution >= 4 is 33.4 Å². The van der Waals surface area contributed by atoms with Gasteiger partial charge in [0.2, 0.25) is 11.9 Å². The first-order chi connectivity index (χ1) is 8.16. The van der Waals surface area contributed by atoms with Crippen LogP contribution in [0.1, 0.15) is 12.8 Å². The number of anilines is 1. The number of pyridine rings is 1. The lowest BCUT2D eigenvalue weighted by Crippen LogP contribution is -2.13. The number of rotatable bonds is 5. The van der Waals surface area contributed by atoms with Crippen molar-refractivity contribution in [1.29, 1.82) is 0 Å². The first-order valence-corrected chi connectivity index (χ1v) is 5.99. The number of aromatic nitrogens is 3. The van der Waals surface area contributed by atoms with Crippen LogP contribution in [-0.2, 0) is 4.79 Å². The average molecular weight is 298 g/mol. The van der Waals surface area contributed by atoms with Gasteiger partial charge in [0.05, 0.1) is 4.47 Å². The van der Waals surface area contributed by atoms with Crippen molar-refractivity contribution in [2.24, 2.45) is 5.73 Å². The summed E-state index contributed by atoms with van der Waals surface area (Å²) in [5.74, 6) is 0.249. The highest BCUT2D eigenvalue weighted by Gasteiger charge is 2.05. The molecule has 2 heterocycles. The maximum atomic E-state index is 10.5. The number of carbonyl (C=O) groups excluding carboxylic acids is 1. The van der Waals surface area contributed by atoms with E-state index in [0.717, 1.165) is 10.1 Å². The number of hydrogen-bond donors (Lipinski definition) is 2. The van der Waals surface area contributed by atoms with Crippen molar-refractivity contribution in [3.8, 4) is 0 Å². The van der Waals surface area contributed by atoms with E-state index in [1.807, 2.05) is 18.3 Å². The molecule has 2 aromatic heterocycles. The minimum Gasteiger partial charge on any atom is -0.370 e. The van der Waals surface area contributed by atoms with Crippen molar-refractivity contribution in [3.05, 3.63) is 22.8 Å². The van der Waals surface area contributed by atoms with Crippen molar-refractivity contribution in [3.63, 3.8) is 0 Å². The molecule has 0 saturated carbocycles. The summed E-state index contributed by atoms with van der Waals surface area (Å²) in [4.78, 5) is 14.9. The number of nitrogens with two attached hydrogens (primary N) is 1. The summed E-state index contributed by atoms with van der Waals surface area (Å²) < 4.78 is 2.57. The van der Waals surface area contributed by atoms with Gasteiger partial charge >= 0.3 is 0 Å². The van der Waals surface area contributed by atoms with E-state index in [0.29, 0.717) is 25.3 Å². The molecule has 0 bridgehead atoms. The lowest BCUT2D eigenvalue weighted by Gasteiger charge is -1.98. The second kappa shape index (κ2) is 5.13. The molecule has 0 radical (unpaired) electrons. The molecule has 2 rings (SSSR count). The number of carbonyl (C=O) groups is 1. The van der Waals surface area contributed by atoms with Gasteiger partial charge in [0.1, 0.15) is 0 Å². The van der Waals surface area contributed by atoms with E-state index >= 15 is 0 Å². The summed E-state index contributed by atoms with van der Waals surface area (Å²) in [7, 11) is 0. The number of halogens is 1. The molecule has 0 unspecified atom stereocenters. The minimum atomic E-state index is -0.294. The zero-order chi connectivity index (χ0) is 12.3. The van der Waals surface area contributed by atoms with E-state index in [1.165, 1.54) is 0 Å². The molecule has 3 N–H and O–H groups in total. The molecule has 7 heteroatoms. The standard InChI is InChI=1S/C10H12BrN5O/c11-7-3-2-6-16-9(7)14-10(15-16)13-5-1-4-8(12)17/h2-3,6H,1,4-5H2,(H2,12,17)(H,13,15). The van der Waals surface area contributed by atoms with E-state index in [4.69, 9.17) is 5.73 Å². The zero-order valence-electron chi connectivity index (χ0n) is 9.06. The first-order valence-electron chi connectivity index (χ1n) is 5.20. The van der Waals surface area contributed by atoms with Crippen molar-refractivity contribution in [1.82, 2.24) is 14.6 Å². The summed E-state index contributed by atoms with van der Waals surface area (Å²) >= 11 is 3.40. The SMILES string of the molecule is NC(=O)CCCNc1nc2c(Br)cccn2n1. The normalized spacial score (nSPS) is 10.6. The summed E-state index contributed by atoms with van der Waals surface area (Å²) in [6, 6.07) is 3.78. The topological polar surface area (TPSA) is 85.3 Å². The van der Waals surface area contributed by atoms with Crippen molar-refractivity contribution < 1.29 is 4.79 Å². The number of hydrogen-bond acceptors (Lipinski definition) is 4. The Morgan fingerprint density at radius 1 is 1.59 bits per heavy atom. The monoisotopic (exact) mass is 297 g/mol. The molecule has 1 amide bonds. The van der Waals surface area contributed by atoms with Gasteiger partial charge in [-0.05, 0) is 34.5 Å². The molecule has 0 atom stereocenters.